The molecule has 2 unspecified atom stereocenters. The highest BCUT2D eigenvalue weighted by Gasteiger charge is 2.13. The van der Waals surface area contributed by atoms with Crippen LogP contribution in [0.25, 0.3) is 10.1 Å². The first-order valence-corrected chi connectivity index (χ1v) is 7.80. The van der Waals surface area contributed by atoms with Crippen molar-refractivity contribution in [3.05, 3.63) is 34.7 Å². The van der Waals surface area contributed by atoms with Crippen LogP contribution in [-0.4, -0.2) is 17.8 Å². The lowest BCUT2D eigenvalue weighted by Gasteiger charge is -2.13. The number of thiophene rings is 1. The molecule has 19 heavy (non-hydrogen) atoms. The van der Waals surface area contributed by atoms with Crippen molar-refractivity contribution in [2.75, 3.05) is 6.54 Å². The van der Waals surface area contributed by atoms with E-state index in [1.54, 1.807) is 0 Å². The summed E-state index contributed by atoms with van der Waals surface area (Å²) in [6.07, 6.45) is 1.69. The molecule has 0 fully saturated rings. The van der Waals surface area contributed by atoms with Gasteiger partial charge in [-0.15, -0.1) is 11.3 Å². The van der Waals surface area contributed by atoms with Gasteiger partial charge in [-0.1, -0.05) is 18.2 Å². The Labute approximate surface area is 119 Å². The van der Waals surface area contributed by atoms with Crippen molar-refractivity contribution in [1.29, 1.82) is 0 Å². The molecule has 3 heteroatoms. The van der Waals surface area contributed by atoms with Crippen molar-refractivity contribution >= 4 is 21.4 Å². The summed E-state index contributed by atoms with van der Waals surface area (Å²) >= 11 is 1.88. The van der Waals surface area contributed by atoms with E-state index in [9.17, 15) is 5.11 Å². The van der Waals surface area contributed by atoms with Gasteiger partial charge >= 0.3 is 0 Å². The molecule has 1 heterocycles. The van der Waals surface area contributed by atoms with Gasteiger partial charge in [0.05, 0.1) is 6.10 Å². The zero-order valence-electron chi connectivity index (χ0n) is 11.9. The molecule has 1 aromatic carbocycles. The maximum atomic E-state index is 9.25. The molecule has 2 aromatic rings. The second-order valence-corrected chi connectivity index (χ2v) is 6.34. The molecule has 0 aliphatic carbocycles. The Bertz CT molecular complexity index is 533. The van der Waals surface area contributed by atoms with Crippen molar-refractivity contribution in [2.45, 2.75) is 45.8 Å². The van der Waals surface area contributed by atoms with Gasteiger partial charge in [0.15, 0.2) is 0 Å². The summed E-state index contributed by atoms with van der Waals surface area (Å²) in [5.41, 5.74) is 1.40. The molecule has 0 saturated heterocycles. The molecule has 2 nitrogen and oxygen atoms in total. The van der Waals surface area contributed by atoms with Crippen LogP contribution in [0.15, 0.2) is 24.3 Å². The summed E-state index contributed by atoms with van der Waals surface area (Å²) < 4.78 is 1.37. The summed E-state index contributed by atoms with van der Waals surface area (Å²) in [4.78, 5) is 1.43. The van der Waals surface area contributed by atoms with Crippen LogP contribution in [0.5, 0.6) is 0 Å². The maximum absolute atomic E-state index is 9.25. The standard InChI is InChI=1S/C16H23NOS/c1-11(18)7-6-10-17-13(3)16-12(2)14-8-4-5-9-15(14)19-16/h4-5,8-9,11,13,17-18H,6-7,10H2,1-3H3. The molecule has 2 rings (SSSR count). The SMILES string of the molecule is Cc1c(C(C)NCCCC(C)O)sc2ccccc12. The van der Waals surface area contributed by atoms with Crippen molar-refractivity contribution in [3.63, 3.8) is 0 Å². The van der Waals surface area contributed by atoms with Crippen molar-refractivity contribution in [2.24, 2.45) is 0 Å². The quantitative estimate of drug-likeness (QED) is 0.782. The van der Waals surface area contributed by atoms with Crippen LogP contribution in [0.1, 0.15) is 43.2 Å². The Morgan fingerprint density at radius 2 is 2.00 bits per heavy atom. The topological polar surface area (TPSA) is 32.3 Å². The molecule has 0 aliphatic heterocycles. The minimum absolute atomic E-state index is 0.192. The van der Waals surface area contributed by atoms with Gasteiger partial charge < -0.3 is 10.4 Å². The van der Waals surface area contributed by atoms with E-state index >= 15 is 0 Å². The first-order valence-electron chi connectivity index (χ1n) is 6.99. The first-order chi connectivity index (χ1) is 9.09. The van der Waals surface area contributed by atoms with E-state index in [-0.39, 0.29) is 6.10 Å². The maximum Gasteiger partial charge on any atom is 0.0512 e. The number of aryl methyl sites for hydroxylation is 1. The molecule has 0 spiro atoms. The van der Waals surface area contributed by atoms with Crippen LogP contribution in [0.3, 0.4) is 0 Å². The average molecular weight is 277 g/mol. The molecule has 2 atom stereocenters. The number of nitrogens with one attached hydrogen (secondary N) is 1. The van der Waals surface area contributed by atoms with E-state index in [0.717, 1.165) is 19.4 Å². The second kappa shape index (κ2) is 6.51. The Kier molecular flexibility index (Phi) is 4.97. The largest absolute Gasteiger partial charge is 0.393 e. The normalized spacial score (nSPS) is 14.7. The van der Waals surface area contributed by atoms with E-state index in [4.69, 9.17) is 0 Å². The van der Waals surface area contributed by atoms with E-state index < -0.39 is 0 Å². The third-order valence-corrected chi connectivity index (χ3v) is 4.98. The summed E-state index contributed by atoms with van der Waals surface area (Å²) in [7, 11) is 0. The van der Waals surface area contributed by atoms with Crippen LogP contribution in [0.2, 0.25) is 0 Å². The van der Waals surface area contributed by atoms with Gasteiger partial charge in [0.1, 0.15) is 0 Å². The Morgan fingerprint density at radius 1 is 1.26 bits per heavy atom. The van der Waals surface area contributed by atoms with Crippen molar-refractivity contribution in [1.82, 2.24) is 5.32 Å². The van der Waals surface area contributed by atoms with Crippen LogP contribution in [0, 0.1) is 6.92 Å². The number of fused-ring (bicyclic) bond motifs is 1. The fourth-order valence-electron chi connectivity index (χ4n) is 2.42. The number of aliphatic hydroxyl groups excluding tert-OH is 1. The highest BCUT2D eigenvalue weighted by atomic mass is 32.1. The molecule has 2 N–H and O–H groups in total. The fraction of sp³-hybridized carbons (Fsp3) is 0.500. The summed E-state index contributed by atoms with van der Waals surface area (Å²) in [6.45, 7) is 7.24. The van der Waals surface area contributed by atoms with Gasteiger partial charge in [0.25, 0.3) is 0 Å². The Hall–Kier alpha value is -0.900. The van der Waals surface area contributed by atoms with Crippen LogP contribution >= 0.6 is 11.3 Å². The minimum Gasteiger partial charge on any atom is -0.393 e. The van der Waals surface area contributed by atoms with Crippen LogP contribution < -0.4 is 5.32 Å². The molecule has 0 bridgehead atoms. The predicted molar refractivity (Wildman–Crippen MR) is 83.9 cm³/mol. The summed E-state index contributed by atoms with van der Waals surface area (Å²) in [5.74, 6) is 0. The number of aliphatic hydroxyl groups is 1. The van der Waals surface area contributed by atoms with Crippen LogP contribution in [0.4, 0.5) is 0 Å². The first kappa shape index (κ1) is 14.5. The van der Waals surface area contributed by atoms with Crippen molar-refractivity contribution in [3.8, 4) is 0 Å². The van der Waals surface area contributed by atoms with E-state index in [1.807, 2.05) is 18.3 Å². The molecular formula is C16H23NOS. The molecular weight excluding hydrogens is 254 g/mol. The molecule has 0 saturated carbocycles. The van der Waals surface area contributed by atoms with Gasteiger partial charge in [-0.25, -0.2) is 0 Å². The number of rotatable bonds is 6. The molecule has 1 aromatic heterocycles. The Balaban J connectivity index is 2.01. The molecule has 0 aliphatic rings. The van der Waals surface area contributed by atoms with Gasteiger partial charge in [-0.3, -0.25) is 0 Å². The predicted octanol–water partition coefficient (Wildman–Crippen LogP) is 4.02. The number of hydrogen-bond donors (Lipinski definition) is 2. The summed E-state index contributed by atoms with van der Waals surface area (Å²) in [6, 6.07) is 8.98. The Morgan fingerprint density at radius 3 is 2.68 bits per heavy atom. The lowest BCUT2D eigenvalue weighted by atomic mass is 10.1. The highest BCUT2D eigenvalue weighted by molar-refractivity contribution is 7.19. The fourth-order valence-corrected chi connectivity index (χ4v) is 3.65. The third-order valence-electron chi connectivity index (χ3n) is 3.52. The zero-order valence-corrected chi connectivity index (χ0v) is 12.8. The monoisotopic (exact) mass is 277 g/mol. The van der Waals surface area contributed by atoms with E-state index in [0.29, 0.717) is 6.04 Å². The minimum atomic E-state index is -0.192. The molecule has 0 radical (unpaired) electrons. The van der Waals surface area contributed by atoms with E-state index in [2.05, 4.69) is 43.4 Å². The number of benzene rings is 1. The lowest BCUT2D eigenvalue weighted by molar-refractivity contribution is 0.181. The van der Waals surface area contributed by atoms with Crippen LogP contribution in [-0.2, 0) is 0 Å². The molecule has 0 amide bonds. The van der Waals surface area contributed by atoms with Gasteiger partial charge in [-0.05, 0) is 57.2 Å². The lowest BCUT2D eigenvalue weighted by Crippen LogP contribution is -2.20. The van der Waals surface area contributed by atoms with E-state index in [1.165, 1.54) is 20.5 Å². The number of hydrogen-bond acceptors (Lipinski definition) is 3. The summed E-state index contributed by atoms with van der Waals surface area (Å²) in [5, 5.41) is 14.2. The third kappa shape index (κ3) is 3.56. The second-order valence-electron chi connectivity index (χ2n) is 5.25. The average Bonchev–Trinajstić information content (AvgIpc) is 2.72. The van der Waals surface area contributed by atoms with Gasteiger partial charge in [0, 0.05) is 15.6 Å². The van der Waals surface area contributed by atoms with Crippen molar-refractivity contribution < 1.29 is 5.11 Å². The molecule has 104 valence electrons. The highest BCUT2D eigenvalue weighted by Crippen LogP contribution is 2.34. The smallest absolute Gasteiger partial charge is 0.0512 e. The van der Waals surface area contributed by atoms with Gasteiger partial charge in [-0.2, -0.15) is 0 Å². The van der Waals surface area contributed by atoms with Gasteiger partial charge in [0.2, 0.25) is 0 Å². The zero-order chi connectivity index (χ0) is 13.8.